The summed E-state index contributed by atoms with van der Waals surface area (Å²) in [7, 11) is 0. The lowest BCUT2D eigenvalue weighted by Crippen LogP contribution is -2.00. The van der Waals surface area contributed by atoms with Gasteiger partial charge in [-0.25, -0.2) is 0 Å². The summed E-state index contributed by atoms with van der Waals surface area (Å²) >= 11 is 5.79. The summed E-state index contributed by atoms with van der Waals surface area (Å²) in [5.41, 5.74) is 4.82. The van der Waals surface area contributed by atoms with Crippen molar-refractivity contribution in [1.82, 2.24) is 0 Å². The largest absolute Gasteiger partial charge is 0.508 e. The molecular formula is C14H13ClN2O2. The summed E-state index contributed by atoms with van der Waals surface area (Å²) in [6.45, 7) is 1.76. The third-order valence-corrected chi connectivity index (χ3v) is 2.82. The second-order valence-corrected chi connectivity index (χ2v) is 4.45. The molecule has 2 rings (SSSR count). The summed E-state index contributed by atoms with van der Waals surface area (Å²) in [5.74, 6) is -0.00105. The Morgan fingerprint density at radius 1 is 1.11 bits per heavy atom. The molecule has 3 N–H and O–H groups in total. The molecule has 0 unspecified atom stereocenters. The second kappa shape index (κ2) is 5.63. The molecule has 5 heteroatoms. The molecule has 4 nitrogen and oxygen atoms in total. The first kappa shape index (κ1) is 13.2. The highest BCUT2D eigenvalue weighted by Crippen LogP contribution is 2.23. The van der Waals surface area contributed by atoms with Crippen LogP contribution in [-0.2, 0) is 0 Å². The Labute approximate surface area is 116 Å². The van der Waals surface area contributed by atoms with Crippen molar-refractivity contribution in [3.63, 3.8) is 0 Å². The molecule has 19 heavy (non-hydrogen) atoms. The number of halogens is 1. The predicted molar refractivity (Wildman–Crippen MR) is 77.1 cm³/mol. The summed E-state index contributed by atoms with van der Waals surface area (Å²) in [6.07, 6.45) is 0. The van der Waals surface area contributed by atoms with Gasteiger partial charge in [-0.1, -0.05) is 11.6 Å². The minimum absolute atomic E-state index is 0.0136. The Morgan fingerprint density at radius 3 is 2.42 bits per heavy atom. The molecule has 0 saturated carbocycles. The van der Waals surface area contributed by atoms with Crippen molar-refractivity contribution in [3.8, 4) is 11.5 Å². The van der Waals surface area contributed by atoms with Crippen LogP contribution < -0.4 is 5.43 Å². The van der Waals surface area contributed by atoms with Crippen molar-refractivity contribution < 1.29 is 10.2 Å². The van der Waals surface area contributed by atoms with Crippen molar-refractivity contribution in [3.05, 3.63) is 53.1 Å². The number of phenols is 2. The van der Waals surface area contributed by atoms with Crippen LogP contribution in [0.1, 0.15) is 12.5 Å². The van der Waals surface area contributed by atoms with Crippen LogP contribution in [0.4, 0.5) is 5.69 Å². The Kier molecular flexibility index (Phi) is 3.92. The highest BCUT2D eigenvalue weighted by atomic mass is 35.5. The zero-order chi connectivity index (χ0) is 13.8. The third kappa shape index (κ3) is 3.39. The summed E-state index contributed by atoms with van der Waals surface area (Å²) in [6, 6.07) is 11.5. The maximum absolute atomic E-state index is 9.71. The van der Waals surface area contributed by atoms with E-state index in [4.69, 9.17) is 11.6 Å². The molecule has 98 valence electrons. The quantitative estimate of drug-likeness (QED) is 0.593. The topological polar surface area (TPSA) is 64.9 Å². The Morgan fingerprint density at radius 2 is 1.79 bits per heavy atom. The van der Waals surface area contributed by atoms with Crippen LogP contribution in [0.2, 0.25) is 5.02 Å². The van der Waals surface area contributed by atoms with Crippen LogP contribution in [0, 0.1) is 0 Å². The smallest absolute Gasteiger partial charge is 0.128 e. The number of rotatable bonds is 3. The molecule has 0 bridgehead atoms. The Balaban J connectivity index is 2.16. The fourth-order valence-electron chi connectivity index (χ4n) is 1.56. The van der Waals surface area contributed by atoms with E-state index in [1.165, 1.54) is 12.1 Å². The van der Waals surface area contributed by atoms with Gasteiger partial charge in [-0.15, -0.1) is 0 Å². The van der Waals surface area contributed by atoms with Crippen molar-refractivity contribution in [1.29, 1.82) is 0 Å². The molecule has 0 spiro atoms. The molecule has 0 heterocycles. The molecule has 0 atom stereocenters. The summed E-state index contributed by atoms with van der Waals surface area (Å²) < 4.78 is 0. The molecule has 2 aromatic carbocycles. The molecule has 0 aliphatic rings. The molecule has 0 radical (unpaired) electrons. The lowest BCUT2D eigenvalue weighted by molar-refractivity contribution is 0.450. The minimum Gasteiger partial charge on any atom is -0.508 e. The summed E-state index contributed by atoms with van der Waals surface area (Å²) in [4.78, 5) is 0. The van der Waals surface area contributed by atoms with E-state index in [2.05, 4.69) is 10.5 Å². The minimum atomic E-state index is -0.0147. The van der Waals surface area contributed by atoms with Gasteiger partial charge in [0.1, 0.15) is 11.5 Å². The fourth-order valence-corrected chi connectivity index (χ4v) is 1.69. The third-order valence-electron chi connectivity index (χ3n) is 2.57. The van der Waals surface area contributed by atoms with E-state index in [1.54, 1.807) is 37.3 Å². The van der Waals surface area contributed by atoms with Crippen LogP contribution >= 0.6 is 11.6 Å². The molecule has 0 aliphatic carbocycles. The number of nitrogens with one attached hydrogen (secondary N) is 1. The van der Waals surface area contributed by atoms with Gasteiger partial charge in [-0.3, -0.25) is 5.43 Å². The van der Waals surface area contributed by atoms with Crippen LogP contribution in [0.5, 0.6) is 11.5 Å². The Hall–Kier alpha value is -2.20. The van der Waals surface area contributed by atoms with Gasteiger partial charge in [-0.2, -0.15) is 5.10 Å². The van der Waals surface area contributed by atoms with Gasteiger partial charge in [0.05, 0.1) is 11.4 Å². The lowest BCUT2D eigenvalue weighted by Gasteiger charge is -2.06. The first-order valence-electron chi connectivity index (χ1n) is 5.64. The summed E-state index contributed by atoms with van der Waals surface area (Å²) in [5, 5.41) is 23.8. The zero-order valence-electron chi connectivity index (χ0n) is 10.3. The second-order valence-electron chi connectivity index (χ2n) is 4.02. The van der Waals surface area contributed by atoms with Gasteiger partial charge in [0.15, 0.2) is 0 Å². The highest BCUT2D eigenvalue weighted by molar-refractivity contribution is 6.30. The van der Waals surface area contributed by atoms with E-state index in [1.807, 2.05) is 0 Å². The molecule has 0 amide bonds. The monoisotopic (exact) mass is 276 g/mol. The number of phenolic OH excluding ortho intramolecular Hbond substituents is 2. The molecule has 0 saturated heterocycles. The van der Waals surface area contributed by atoms with Gasteiger partial charge in [0.2, 0.25) is 0 Å². The van der Waals surface area contributed by atoms with Crippen LogP contribution in [0.15, 0.2) is 47.6 Å². The van der Waals surface area contributed by atoms with Crippen molar-refractivity contribution in [2.75, 3.05) is 5.43 Å². The van der Waals surface area contributed by atoms with Crippen molar-refractivity contribution in [2.45, 2.75) is 6.92 Å². The fraction of sp³-hybridized carbons (Fsp3) is 0.0714. The zero-order valence-corrected chi connectivity index (χ0v) is 11.0. The number of nitrogens with zero attached hydrogens (tertiary/aromatic N) is 1. The van der Waals surface area contributed by atoms with E-state index >= 15 is 0 Å². The van der Waals surface area contributed by atoms with E-state index in [-0.39, 0.29) is 11.5 Å². The molecular weight excluding hydrogens is 264 g/mol. The number of hydrogen-bond donors (Lipinski definition) is 3. The first-order chi connectivity index (χ1) is 9.06. The molecule has 2 aromatic rings. The van der Waals surface area contributed by atoms with Gasteiger partial charge >= 0.3 is 0 Å². The van der Waals surface area contributed by atoms with Gasteiger partial charge < -0.3 is 10.2 Å². The number of aromatic hydroxyl groups is 2. The first-order valence-corrected chi connectivity index (χ1v) is 6.02. The number of hydrazone groups is 1. The number of anilines is 1. The Bertz CT molecular complexity index is 609. The molecule has 0 fully saturated rings. The van der Waals surface area contributed by atoms with Crippen LogP contribution in [-0.4, -0.2) is 15.9 Å². The normalized spacial score (nSPS) is 11.4. The van der Waals surface area contributed by atoms with Gasteiger partial charge in [-0.05, 0) is 43.3 Å². The average Bonchev–Trinajstić information content (AvgIpc) is 2.37. The molecule has 0 aliphatic heterocycles. The predicted octanol–water partition coefficient (Wildman–Crippen LogP) is 3.59. The maximum atomic E-state index is 9.71. The van der Waals surface area contributed by atoms with E-state index in [0.29, 0.717) is 16.3 Å². The standard InChI is InChI=1S/C14H13ClN2O2/c1-9(13-7-6-12(18)8-14(13)19)16-17-11-4-2-10(15)3-5-11/h2-8,17-19H,1H3/b16-9+. The molecule has 0 aromatic heterocycles. The van der Waals surface area contributed by atoms with Crippen LogP contribution in [0.25, 0.3) is 0 Å². The SMILES string of the molecule is C/C(=N\Nc1ccc(Cl)cc1)c1ccc(O)cc1O. The number of hydrogen-bond acceptors (Lipinski definition) is 4. The average molecular weight is 277 g/mol. The van der Waals surface area contributed by atoms with Crippen molar-refractivity contribution >= 4 is 23.0 Å². The maximum Gasteiger partial charge on any atom is 0.128 e. The van der Waals surface area contributed by atoms with E-state index in [9.17, 15) is 10.2 Å². The van der Waals surface area contributed by atoms with E-state index < -0.39 is 0 Å². The lowest BCUT2D eigenvalue weighted by atomic mass is 10.1. The highest BCUT2D eigenvalue weighted by Gasteiger charge is 2.05. The van der Waals surface area contributed by atoms with Crippen LogP contribution in [0.3, 0.4) is 0 Å². The van der Waals surface area contributed by atoms with E-state index in [0.717, 1.165) is 5.69 Å². The van der Waals surface area contributed by atoms with Gasteiger partial charge in [0.25, 0.3) is 0 Å². The van der Waals surface area contributed by atoms with Crippen molar-refractivity contribution in [2.24, 2.45) is 5.10 Å². The van der Waals surface area contributed by atoms with Gasteiger partial charge in [0, 0.05) is 16.7 Å². The number of benzene rings is 2.